The Hall–Kier alpha value is -0.550. The Morgan fingerprint density at radius 2 is 1.95 bits per heavy atom. The third-order valence-corrected chi connectivity index (χ3v) is 4.71. The van der Waals surface area contributed by atoms with Crippen molar-refractivity contribution >= 4 is 43.5 Å². The molecule has 0 spiro atoms. The maximum atomic E-state index is 6.12. The van der Waals surface area contributed by atoms with Crippen molar-refractivity contribution < 1.29 is 4.74 Å². The largest absolute Gasteiger partial charge is 0.495 e. The van der Waals surface area contributed by atoms with Crippen molar-refractivity contribution in [3.8, 4) is 5.75 Å². The minimum absolute atomic E-state index is 0.0630. The van der Waals surface area contributed by atoms with E-state index in [2.05, 4.69) is 50.2 Å². The van der Waals surface area contributed by atoms with E-state index >= 15 is 0 Å². The molecule has 1 N–H and O–H groups in total. The first-order valence-corrected chi connectivity index (χ1v) is 8.55. The molecule has 2 nitrogen and oxygen atoms in total. The number of benzene rings is 2. The summed E-state index contributed by atoms with van der Waals surface area (Å²) in [7, 11) is 1.63. The van der Waals surface area contributed by atoms with E-state index in [4.69, 9.17) is 16.3 Å². The van der Waals surface area contributed by atoms with Crippen LogP contribution in [-0.2, 0) is 0 Å². The van der Waals surface area contributed by atoms with Crippen LogP contribution in [0.3, 0.4) is 0 Å². The molecule has 0 saturated heterocycles. The van der Waals surface area contributed by atoms with E-state index in [1.807, 2.05) is 30.3 Å². The van der Waals surface area contributed by atoms with Gasteiger partial charge < -0.3 is 10.1 Å². The van der Waals surface area contributed by atoms with E-state index < -0.39 is 0 Å². The molecule has 2 aromatic carbocycles. The Balaban J connectivity index is 2.50. The second kappa shape index (κ2) is 7.63. The molecule has 2 rings (SSSR count). The van der Waals surface area contributed by atoms with Crippen LogP contribution in [0.4, 0.5) is 0 Å². The van der Waals surface area contributed by atoms with Crippen LogP contribution >= 0.6 is 43.5 Å². The first-order chi connectivity index (χ1) is 10.1. The first kappa shape index (κ1) is 16.8. The van der Waals surface area contributed by atoms with E-state index in [0.29, 0.717) is 10.8 Å². The highest BCUT2D eigenvalue weighted by atomic mass is 79.9. The van der Waals surface area contributed by atoms with Gasteiger partial charge in [0.2, 0.25) is 0 Å². The van der Waals surface area contributed by atoms with Crippen molar-refractivity contribution in [3.05, 3.63) is 61.5 Å². The number of nitrogens with one attached hydrogen (secondary N) is 1. The quantitative estimate of drug-likeness (QED) is 0.665. The summed E-state index contributed by atoms with van der Waals surface area (Å²) < 4.78 is 7.43. The lowest BCUT2D eigenvalue weighted by Gasteiger charge is -2.21. The molecule has 0 saturated carbocycles. The second-order valence-electron chi connectivity index (χ2n) is 4.55. The predicted molar refractivity (Wildman–Crippen MR) is 95.4 cm³/mol. The Labute approximate surface area is 147 Å². The van der Waals surface area contributed by atoms with Crippen molar-refractivity contribution in [2.45, 2.75) is 13.0 Å². The molecule has 0 aromatic heterocycles. The standard InChI is InChI=1S/C16H16Br2ClNO/c1-3-20-16(12-9-11(17)5-6-13(12)18)10-4-7-14(19)15(8-10)21-2/h4-9,16,20H,3H2,1-2H3. The monoisotopic (exact) mass is 431 g/mol. The van der Waals surface area contributed by atoms with Crippen LogP contribution in [0, 0.1) is 0 Å². The van der Waals surface area contributed by atoms with Crippen LogP contribution in [0.2, 0.25) is 5.02 Å². The van der Waals surface area contributed by atoms with Gasteiger partial charge in [-0.1, -0.05) is 56.5 Å². The summed E-state index contributed by atoms with van der Waals surface area (Å²) in [5, 5.41) is 4.12. The molecule has 21 heavy (non-hydrogen) atoms. The summed E-state index contributed by atoms with van der Waals surface area (Å²) in [5.41, 5.74) is 2.27. The molecule has 0 radical (unpaired) electrons. The van der Waals surface area contributed by atoms with Crippen LogP contribution < -0.4 is 10.1 Å². The zero-order chi connectivity index (χ0) is 15.4. The molecule has 0 amide bonds. The van der Waals surface area contributed by atoms with E-state index in [0.717, 1.165) is 26.6 Å². The SMILES string of the molecule is CCNC(c1ccc(Cl)c(OC)c1)c1cc(Br)ccc1Br. The van der Waals surface area contributed by atoms with Crippen molar-refractivity contribution in [1.82, 2.24) is 5.32 Å². The molecule has 0 heterocycles. The molecule has 112 valence electrons. The fourth-order valence-electron chi connectivity index (χ4n) is 2.20. The van der Waals surface area contributed by atoms with Gasteiger partial charge in [0.15, 0.2) is 0 Å². The molecule has 0 aliphatic heterocycles. The van der Waals surface area contributed by atoms with Gasteiger partial charge in [0.05, 0.1) is 18.2 Å². The van der Waals surface area contributed by atoms with Crippen molar-refractivity contribution in [2.24, 2.45) is 0 Å². The molecular formula is C16H16Br2ClNO. The number of halogens is 3. The third-order valence-electron chi connectivity index (χ3n) is 3.19. The van der Waals surface area contributed by atoms with Gasteiger partial charge in [-0.05, 0) is 48.0 Å². The van der Waals surface area contributed by atoms with Gasteiger partial charge in [-0.15, -0.1) is 0 Å². The summed E-state index contributed by atoms with van der Waals surface area (Å²) in [6.07, 6.45) is 0. The average molecular weight is 434 g/mol. The molecule has 0 fully saturated rings. The van der Waals surface area contributed by atoms with Crippen LogP contribution in [0.25, 0.3) is 0 Å². The minimum Gasteiger partial charge on any atom is -0.495 e. The van der Waals surface area contributed by atoms with Crippen molar-refractivity contribution in [3.63, 3.8) is 0 Å². The molecule has 5 heteroatoms. The molecule has 1 atom stereocenters. The number of hydrogen-bond donors (Lipinski definition) is 1. The maximum absolute atomic E-state index is 6.12. The second-order valence-corrected chi connectivity index (χ2v) is 6.73. The predicted octanol–water partition coefficient (Wildman–Crippen LogP) is 5.57. The summed E-state index contributed by atoms with van der Waals surface area (Å²) >= 11 is 13.3. The number of methoxy groups -OCH3 is 1. The number of ether oxygens (including phenoxy) is 1. The van der Waals surface area contributed by atoms with Crippen LogP contribution in [0.5, 0.6) is 5.75 Å². The Morgan fingerprint density at radius 3 is 2.62 bits per heavy atom. The molecular weight excluding hydrogens is 417 g/mol. The normalized spacial score (nSPS) is 12.2. The lowest BCUT2D eigenvalue weighted by molar-refractivity contribution is 0.414. The van der Waals surface area contributed by atoms with Gasteiger partial charge in [0.25, 0.3) is 0 Å². The van der Waals surface area contributed by atoms with Crippen LogP contribution in [0.15, 0.2) is 45.3 Å². The summed E-state index contributed by atoms with van der Waals surface area (Å²) in [6.45, 7) is 2.95. The minimum atomic E-state index is 0.0630. The summed E-state index contributed by atoms with van der Waals surface area (Å²) in [6, 6.07) is 12.1. The highest BCUT2D eigenvalue weighted by molar-refractivity contribution is 9.11. The Morgan fingerprint density at radius 1 is 1.19 bits per heavy atom. The van der Waals surface area contributed by atoms with Crippen molar-refractivity contribution in [1.29, 1.82) is 0 Å². The third kappa shape index (κ3) is 4.01. The lowest BCUT2D eigenvalue weighted by atomic mass is 9.98. The molecule has 2 aromatic rings. The van der Waals surface area contributed by atoms with Crippen molar-refractivity contribution in [2.75, 3.05) is 13.7 Å². The highest BCUT2D eigenvalue weighted by Crippen LogP contribution is 2.34. The van der Waals surface area contributed by atoms with Gasteiger partial charge in [-0.2, -0.15) is 0 Å². The van der Waals surface area contributed by atoms with Gasteiger partial charge in [0.1, 0.15) is 5.75 Å². The van der Waals surface area contributed by atoms with Gasteiger partial charge in [-0.3, -0.25) is 0 Å². The first-order valence-electron chi connectivity index (χ1n) is 6.58. The van der Waals surface area contributed by atoms with E-state index in [1.165, 1.54) is 0 Å². The number of hydrogen-bond acceptors (Lipinski definition) is 2. The Kier molecular flexibility index (Phi) is 6.11. The van der Waals surface area contributed by atoms with Gasteiger partial charge >= 0.3 is 0 Å². The lowest BCUT2D eigenvalue weighted by Crippen LogP contribution is -2.22. The fourth-order valence-corrected chi connectivity index (χ4v) is 3.25. The maximum Gasteiger partial charge on any atom is 0.137 e. The van der Waals surface area contributed by atoms with E-state index in [9.17, 15) is 0 Å². The topological polar surface area (TPSA) is 21.3 Å². The van der Waals surface area contributed by atoms with Gasteiger partial charge in [0, 0.05) is 8.95 Å². The Bertz CT molecular complexity index is 634. The fraction of sp³-hybridized carbons (Fsp3) is 0.250. The zero-order valence-electron chi connectivity index (χ0n) is 11.8. The van der Waals surface area contributed by atoms with Crippen LogP contribution in [0.1, 0.15) is 24.1 Å². The zero-order valence-corrected chi connectivity index (χ0v) is 15.7. The van der Waals surface area contributed by atoms with E-state index in [-0.39, 0.29) is 6.04 Å². The summed E-state index contributed by atoms with van der Waals surface area (Å²) in [5.74, 6) is 0.684. The van der Waals surface area contributed by atoms with Crippen LogP contribution in [-0.4, -0.2) is 13.7 Å². The van der Waals surface area contributed by atoms with E-state index in [1.54, 1.807) is 7.11 Å². The number of rotatable bonds is 5. The smallest absolute Gasteiger partial charge is 0.137 e. The molecule has 1 unspecified atom stereocenters. The van der Waals surface area contributed by atoms with Gasteiger partial charge in [-0.25, -0.2) is 0 Å². The highest BCUT2D eigenvalue weighted by Gasteiger charge is 2.17. The molecule has 0 bridgehead atoms. The molecule has 0 aliphatic carbocycles. The summed E-state index contributed by atoms with van der Waals surface area (Å²) in [4.78, 5) is 0. The molecule has 0 aliphatic rings. The average Bonchev–Trinajstić information content (AvgIpc) is 2.48.